The molecule has 0 aliphatic rings. The molecule has 4 nitrogen and oxygen atoms in total. The molecule has 0 saturated heterocycles. The second kappa shape index (κ2) is 7.82. The van der Waals surface area contributed by atoms with Crippen molar-refractivity contribution >= 4 is 41.0 Å². The van der Waals surface area contributed by atoms with E-state index in [-0.39, 0.29) is 12.5 Å². The standard InChI is InChI=1S/C16H15Cl2N3O/c1-11-4-2-5-12(8-11)19-10-16(22)21-20-9-13-14(17)6-3-7-15(13)18/h2-9,19H,10H2,1H3,(H,21,22). The molecule has 0 fully saturated rings. The fourth-order valence-corrected chi connectivity index (χ4v) is 2.27. The zero-order valence-electron chi connectivity index (χ0n) is 11.9. The van der Waals surface area contributed by atoms with Gasteiger partial charge in [0.15, 0.2) is 0 Å². The third-order valence-electron chi connectivity index (χ3n) is 2.85. The average molecular weight is 336 g/mol. The number of hydrogen-bond acceptors (Lipinski definition) is 3. The first kappa shape index (κ1) is 16.3. The van der Waals surface area contributed by atoms with Crippen LogP contribution in [0, 0.1) is 6.92 Å². The van der Waals surface area contributed by atoms with Gasteiger partial charge in [-0.05, 0) is 36.8 Å². The van der Waals surface area contributed by atoms with Crippen LogP contribution in [-0.2, 0) is 4.79 Å². The Bertz CT molecular complexity index is 681. The quantitative estimate of drug-likeness (QED) is 0.643. The van der Waals surface area contributed by atoms with Gasteiger partial charge in [-0.2, -0.15) is 5.10 Å². The Hall–Kier alpha value is -2.04. The molecule has 0 saturated carbocycles. The lowest BCUT2D eigenvalue weighted by molar-refractivity contribution is -0.119. The van der Waals surface area contributed by atoms with E-state index in [4.69, 9.17) is 23.2 Å². The van der Waals surface area contributed by atoms with Gasteiger partial charge < -0.3 is 5.32 Å². The van der Waals surface area contributed by atoms with Crippen LogP contribution in [0.25, 0.3) is 0 Å². The number of carbonyl (C=O) groups excluding carboxylic acids is 1. The summed E-state index contributed by atoms with van der Waals surface area (Å²) in [6, 6.07) is 12.9. The smallest absolute Gasteiger partial charge is 0.259 e. The number of nitrogens with one attached hydrogen (secondary N) is 2. The minimum Gasteiger partial charge on any atom is -0.376 e. The topological polar surface area (TPSA) is 53.5 Å². The van der Waals surface area contributed by atoms with Crippen LogP contribution >= 0.6 is 23.2 Å². The van der Waals surface area contributed by atoms with Crippen molar-refractivity contribution in [1.82, 2.24) is 5.43 Å². The predicted molar refractivity (Wildman–Crippen MR) is 91.9 cm³/mol. The normalized spacial score (nSPS) is 10.7. The van der Waals surface area contributed by atoms with Gasteiger partial charge >= 0.3 is 0 Å². The summed E-state index contributed by atoms with van der Waals surface area (Å²) in [4.78, 5) is 11.7. The molecule has 0 aliphatic carbocycles. The molecule has 2 N–H and O–H groups in total. The van der Waals surface area contributed by atoms with Crippen molar-refractivity contribution in [3.63, 3.8) is 0 Å². The summed E-state index contributed by atoms with van der Waals surface area (Å²) in [5.74, 6) is -0.263. The van der Waals surface area contributed by atoms with E-state index in [9.17, 15) is 4.79 Å². The summed E-state index contributed by atoms with van der Waals surface area (Å²) in [6.07, 6.45) is 1.43. The molecule has 2 aromatic carbocycles. The van der Waals surface area contributed by atoms with Gasteiger partial charge in [-0.25, -0.2) is 5.43 Å². The second-order valence-electron chi connectivity index (χ2n) is 4.65. The Labute approximate surface area is 139 Å². The summed E-state index contributed by atoms with van der Waals surface area (Å²) >= 11 is 12.0. The Balaban J connectivity index is 1.86. The molecular formula is C16H15Cl2N3O. The Morgan fingerprint density at radius 1 is 1.18 bits per heavy atom. The van der Waals surface area contributed by atoms with Crippen LogP contribution in [0.3, 0.4) is 0 Å². The van der Waals surface area contributed by atoms with Crippen molar-refractivity contribution in [3.8, 4) is 0 Å². The maximum atomic E-state index is 11.7. The number of halogens is 2. The lowest BCUT2D eigenvalue weighted by Crippen LogP contribution is -2.25. The van der Waals surface area contributed by atoms with E-state index in [2.05, 4.69) is 15.8 Å². The molecule has 2 rings (SSSR count). The number of aryl methyl sites for hydroxylation is 1. The summed E-state index contributed by atoms with van der Waals surface area (Å²) in [5, 5.41) is 7.83. The molecule has 0 unspecified atom stereocenters. The van der Waals surface area contributed by atoms with Crippen LogP contribution in [0.2, 0.25) is 10.0 Å². The van der Waals surface area contributed by atoms with Crippen molar-refractivity contribution < 1.29 is 4.79 Å². The zero-order valence-corrected chi connectivity index (χ0v) is 13.4. The van der Waals surface area contributed by atoms with E-state index in [1.165, 1.54) is 6.21 Å². The Morgan fingerprint density at radius 3 is 2.55 bits per heavy atom. The monoisotopic (exact) mass is 335 g/mol. The van der Waals surface area contributed by atoms with Crippen molar-refractivity contribution in [2.45, 2.75) is 6.92 Å². The molecule has 0 heterocycles. The summed E-state index contributed by atoms with van der Waals surface area (Å²) in [5.41, 5.74) is 4.99. The SMILES string of the molecule is Cc1cccc(NCC(=O)NN=Cc2c(Cl)cccc2Cl)c1. The van der Waals surface area contributed by atoms with Crippen molar-refractivity contribution in [2.75, 3.05) is 11.9 Å². The number of hydrogen-bond donors (Lipinski definition) is 2. The van der Waals surface area contributed by atoms with E-state index in [1.807, 2.05) is 31.2 Å². The fraction of sp³-hybridized carbons (Fsp3) is 0.125. The van der Waals surface area contributed by atoms with Crippen LogP contribution in [0.4, 0.5) is 5.69 Å². The van der Waals surface area contributed by atoms with Gasteiger partial charge in [-0.1, -0.05) is 41.4 Å². The molecule has 0 spiro atoms. The first-order valence-corrected chi connectivity index (χ1v) is 7.38. The minimum atomic E-state index is -0.263. The molecule has 0 atom stereocenters. The van der Waals surface area contributed by atoms with Gasteiger partial charge in [0.05, 0.1) is 22.8 Å². The molecule has 0 aliphatic heterocycles. The lowest BCUT2D eigenvalue weighted by Gasteiger charge is -2.06. The predicted octanol–water partition coefficient (Wildman–Crippen LogP) is 3.86. The number of carbonyl (C=O) groups is 1. The van der Waals surface area contributed by atoms with Gasteiger partial charge in [-0.3, -0.25) is 4.79 Å². The van der Waals surface area contributed by atoms with E-state index in [0.717, 1.165) is 11.3 Å². The second-order valence-corrected chi connectivity index (χ2v) is 5.47. The third kappa shape index (κ3) is 4.76. The van der Waals surface area contributed by atoms with E-state index in [0.29, 0.717) is 15.6 Å². The maximum absolute atomic E-state index is 11.7. The first-order chi connectivity index (χ1) is 10.6. The van der Waals surface area contributed by atoms with Gasteiger partial charge in [0.2, 0.25) is 0 Å². The molecule has 0 radical (unpaired) electrons. The highest BCUT2D eigenvalue weighted by molar-refractivity contribution is 6.38. The van der Waals surface area contributed by atoms with Crippen LogP contribution in [0.15, 0.2) is 47.6 Å². The Morgan fingerprint density at radius 2 is 1.86 bits per heavy atom. The van der Waals surface area contributed by atoms with Gasteiger partial charge in [0, 0.05) is 11.3 Å². The summed E-state index contributed by atoms with van der Waals surface area (Å²) in [7, 11) is 0. The third-order valence-corrected chi connectivity index (χ3v) is 3.51. The number of nitrogens with zero attached hydrogens (tertiary/aromatic N) is 1. The first-order valence-electron chi connectivity index (χ1n) is 6.63. The largest absolute Gasteiger partial charge is 0.376 e. The highest BCUT2D eigenvalue weighted by Gasteiger charge is 2.03. The molecule has 22 heavy (non-hydrogen) atoms. The minimum absolute atomic E-state index is 0.122. The van der Waals surface area contributed by atoms with E-state index < -0.39 is 0 Å². The molecule has 114 valence electrons. The van der Waals surface area contributed by atoms with Gasteiger partial charge in [-0.15, -0.1) is 0 Å². The van der Waals surface area contributed by atoms with Crippen LogP contribution in [-0.4, -0.2) is 18.7 Å². The maximum Gasteiger partial charge on any atom is 0.259 e. The number of amides is 1. The highest BCUT2D eigenvalue weighted by atomic mass is 35.5. The van der Waals surface area contributed by atoms with Crippen molar-refractivity contribution in [3.05, 3.63) is 63.6 Å². The zero-order chi connectivity index (χ0) is 15.9. The number of rotatable bonds is 5. The lowest BCUT2D eigenvalue weighted by atomic mass is 10.2. The Kier molecular flexibility index (Phi) is 5.81. The number of hydrazone groups is 1. The van der Waals surface area contributed by atoms with Crippen LogP contribution in [0.1, 0.15) is 11.1 Å². The fourth-order valence-electron chi connectivity index (χ4n) is 1.78. The molecule has 0 aromatic heterocycles. The van der Waals surface area contributed by atoms with Gasteiger partial charge in [0.25, 0.3) is 5.91 Å². The van der Waals surface area contributed by atoms with Crippen LogP contribution < -0.4 is 10.7 Å². The molecular weight excluding hydrogens is 321 g/mol. The van der Waals surface area contributed by atoms with E-state index in [1.54, 1.807) is 18.2 Å². The van der Waals surface area contributed by atoms with Crippen LogP contribution in [0.5, 0.6) is 0 Å². The highest BCUT2D eigenvalue weighted by Crippen LogP contribution is 2.21. The van der Waals surface area contributed by atoms with E-state index >= 15 is 0 Å². The van der Waals surface area contributed by atoms with Gasteiger partial charge in [0.1, 0.15) is 0 Å². The summed E-state index contributed by atoms with van der Waals surface area (Å²) in [6.45, 7) is 2.11. The van der Waals surface area contributed by atoms with Crippen molar-refractivity contribution in [2.24, 2.45) is 5.10 Å². The molecule has 2 aromatic rings. The number of anilines is 1. The van der Waals surface area contributed by atoms with Crippen molar-refractivity contribution in [1.29, 1.82) is 0 Å². The molecule has 1 amide bonds. The molecule has 0 bridgehead atoms. The molecule has 6 heteroatoms. The average Bonchev–Trinajstić information content (AvgIpc) is 2.48. The number of benzene rings is 2. The summed E-state index contributed by atoms with van der Waals surface area (Å²) < 4.78 is 0.